The van der Waals surface area contributed by atoms with Crippen LogP contribution in [0.15, 0.2) is 42.5 Å². The van der Waals surface area contributed by atoms with Gasteiger partial charge < -0.3 is 15.2 Å². The van der Waals surface area contributed by atoms with E-state index in [1.165, 1.54) is 25.3 Å². The first-order valence-electron chi connectivity index (χ1n) is 5.95. The second-order valence-electron chi connectivity index (χ2n) is 4.16. The first-order valence-corrected chi connectivity index (χ1v) is 5.95. The van der Waals surface area contributed by atoms with Gasteiger partial charge in [0.05, 0.1) is 7.11 Å². The number of benzene rings is 2. The summed E-state index contributed by atoms with van der Waals surface area (Å²) in [4.78, 5) is 11.6. The first kappa shape index (κ1) is 13.9. The van der Waals surface area contributed by atoms with Crippen LogP contribution in [0.5, 0.6) is 5.75 Å². The molecule has 2 aromatic rings. The van der Waals surface area contributed by atoms with Gasteiger partial charge in [-0.2, -0.15) is 0 Å². The van der Waals surface area contributed by atoms with E-state index < -0.39 is 5.97 Å². The molecule has 0 aromatic heterocycles. The van der Waals surface area contributed by atoms with E-state index in [9.17, 15) is 9.18 Å². The molecule has 0 atom stereocenters. The molecule has 2 rings (SSSR count). The van der Waals surface area contributed by atoms with E-state index in [0.717, 1.165) is 5.56 Å². The predicted octanol–water partition coefficient (Wildman–Crippen LogP) is 2.77. The van der Waals surface area contributed by atoms with Crippen LogP contribution in [-0.4, -0.2) is 13.1 Å². The lowest BCUT2D eigenvalue weighted by Gasteiger charge is -2.11. The second kappa shape index (κ2) is 6.06. The number of nitrogens with two attached hydrogens (primary N) is 1. The molecule has 20 heavy (non-hydrogen) atoms. The van der Waals surface area contributed by atoms with Crippen molar-refractivity contribution in [1.29, 1.82) is 0 Å². The summed E-state index contributed by atoms with van der Waals surface area (Å²) in [5.41, 5.74) is 7.13. The van der Waals surface area contributed by atoms with E-state index in [4.69, 9.17) is 10.5 Å². The Morgan fingerprint density at radius 1 is 1.20 bits per heavy atom. The van der Waals surface area contributed by atoms with Crippen LogP contribution in [0.2, 0.25) is 0 Å². The maximum Gasteiger partial charge on any atom is 0.341 e. The van der Waals surface area contributed by atoms with Gasteiger partial charge in [0.15, 0.2) is 0 Å². The van der Waals surface area contributed by atoms with Crippen LogP contribution in [0.3, 0.4) is 0 Å². The number of hydrogen-bond donors (Lipinski definition) is 1. The minimum Gasteiger partial charge on any atom is -0.488 e. The quantitative estimate of drug-likeness (QED) is 0.688. The van der Waals surface area contributed by atoms with E-state index in [0.29, 0.717) is 11.4 Å². The van der Waals surface area contributed by atoms with Crippen molar-refractivity contribution in [2.24, 2.45) is 0 Å². The molecule has 5 heteroatoms. The molecular weight excluding hydrogens is 261 g/mol. The lowest BCUT2D eigenvalue weighted by molar-refractivity contribution is 0.0595. The Morgan fingerprint density at radius 2 is 1.90 bits per heavy atom. The lowest BCUT2D eigenvalue weighted by Crippen LogP contribution is -2.06. The second-order valence-corrected chi connectivity index (χ2v) is 4.16. The molecule has 0 bridgehead atoms. The van der Waals surface area contributed by atoms with Crippen molar-refractivity contribution in [1.82, 2.24) is 0 Å². The van der Waals surface area contributed by atoms with Crippen molar-refractivity contribution in [3.8, 4) is 5.75 Å². The van der Waals surface area contributed by atoms with Gasteiger partial charge in [-0.05, 0) is 35.9 Å². The summed E-state index contributed by atoms with van der Waals surface area (Å²) in [6.07, 6.45) is 0. The monoisotopic (exact) mass is 275 g/mol. The molecule has 0 heterocycles. The Morgan fingerprint density at radius 3 is 2.55 bits per heavy atom. The summed E-state index contributed by atoms with van der Waals surface area (Å²) in [6.45, 7) is 0.216. The molecule has 2 N–H and O–H groups in total. The third-order valence-electron chi connectivity index (χ3n) is 2.72. The van der Waals surface area contributed by atoms with E-state index >= 15 is 0 Å². The van der Waals surface area contributed by atoms with Gasteiger partial charge in [-0.15, -0.1) is 0 Å². The largest absolute Gasteiger partial charge is 0.488 e. The fraction of sp³-hybridized carbons (Fsp3) is 0.133. The molecule has 0 amide bonds. The van der Waals surface area contributed by atoms with Crippen LogP contribution in [0, 0.1) is 5.82 Å². The molecule has 4 nitrogen and oxygen atoms in total. The number of hydrogen-bond acceptors (Lipinski definition) is 4. The highest BCUT2D eigenvalue weighted by Crippen LogP contribution is 2.23. The number of rotatable bonds is 4. The Kier molecular flexibility index (Phi) is 4.20. The summed E-state index contributed by atoms with van der Waals surface area (Å²) < 4.78 is 23.0. The zero-order chi connectivity index (χ0) is 14.5. The maximum absolute atomic E-state index is 12.8. The zero-order valence-electron chi connectivity index (χ0n) is 10.9. The standard InChI is InChI=1S/C15H14FNO3/c1-19-15(18)13-8-12(17)6-7-14(13)20-9-10-2-4-11(16)5-3-10/h2-8H,9,17H2,1H3. The Labute approximate surface area is 115 Å². The molecule has 0 aliphatic carbocycles. The number of carbonyl (C=O) groups is 1. The van der Waals surface area contributed by atoms with Gasteiger partial charge in [0.25, 0.3) is 0 Å². The molecule has 0 saturated carbocycles. The average molecular weight is 275 g/mol. The fourth-order valence-corrected chi connectivity index (χ4v) is 1.68. The number of carbonyl (C=O) groups excluding carboxylic acids is 1. The lowest BCUT2D eigenvalue weighted by atomic mass is 10.1. The molecule has 2 aromatic carbocycles. The van der Waals surface area contributed by atoms with Crippen LogP contribution in [0.1, 0.15) is 15.9 Å². The third-order valence-corrected chi connectivity index (χ3v) is 2.72. The number of methoxy groups -OCH3 is 1. The van der Waals surface area contributed by atoms with Gasteiger partial charge >= 0.3 is 5.97 Å². The number of ether oxygens (including phenoxy) is 2. The van der Waals surface area contributed by atoms with Crippen LogP contribution in [0.25, 0.3) is 0 Å². The number of nitrogen functional groups attached to an aromatic ring is 1. The Hall–Kier alpha value is -2.56. The maximum atomic E-state index is 12.8. The molecule has 0 radical (unpaired) electrons. The normalized spacial score (nSPS) is 10.1. The summed E-state index contributed by atoms with van der Waals surface area (Å²) in [7, 11) is 1.29. The van der Waals surface area contributed by atoms with E-state index in [1.54, 1.807) is 24.3 Å². The van der Waals surface area contributed by atoms with Crippen molar-refractivity contribution in [3.05, 3.63) is 59.4 Å². The smallest absolute Gasteiger partial charge is 0.341 e. The molecule has 0 aliphatic rings. The minimum absolute atomic E-state index is 0.216. The van der Waals surface area contributed by atoms with Crippen molar-refractivity contribution in [3.63, 3.8) is 0 Å². The summed E-state index contributed by atoms with van der Waals surface area (Å²) in [5, 5.41) is 0. The van der Waals surface area contributed by atoms with Crippen LogP contribution in [-0.2, 0) is 11.3 Å². The Balaban J connectivity index is 2.16. The summed E-state index contributed by atoms with van der Waals surface area (Å²) in [6, 6.07) is 10.7. The predicted molar refractivity (Wildman–Crippen MR) is 72.9 cm³/mol. The number of esters is 1. The summed E-state index contributed by atoms with van der Waals surface area (Å²) >= 11 is 0. The SMILES string of the molecule is COC(=O)c1cc(N)ccc1OCc1ccc(F)cc1. The highest BCUT2D eigenvalue weighted by Gasteiger charge is 2.13. The van der Waals surface area contributed by atoms with Crippen molar-refractivity contribution >= 4 is 11.7 Å². The van der Waals surface area contributed by atoms with Crippen molar-refractivity contribution < 1.29 is 18.7 Å². The van der Waals surface area contributed by atoms with E-state index in [-0.39, 0.29) is 18.0 Å². The summed E-state index contributed by atoms with van der Waals surface area (Å²) in [5.74, 6) is -0.460. The van der Waals surface area contributed by atoms with E-state index in [1.807, 2.05) is 0 Å². The van der Waals surface area contributed by atoms with Gasteiger partial charge in [0.2, 0.25) is 0 Å². The number of anilines is 1. The molecule has 0 saturated heterocycles. The number of halogens is 1. The molecule has 104 valence electrons. The fourth-order valence-electron chi connectivity index (χ4n) is 1.68. The molecule has 0 unspecified atom stereocenters. The van der Waals surface area contributed by atoms with Crippen LogP contribution < -0.4 is 10.5 Å². The Bertz CT molecular complexity index is 611. The van der Waals surface area contributed by atoms with Crippen LogP contribution >= 0.6 is 0 Å². The zero-order valence-corrected chi connectivity index (χ0v) is 10.9. The van der Waals surface area contributed by atoms with Crippen molar-refractivity contribution in [2.75, 3.05) is 12.8 Å². The van der Waals surface area contributed by atoms with Crippen molar-refractivity contribution in [2.45, 2.75) is 6.61 Å². The van der Waals surface area contributed by atoms with Gasteiger partial charge in [0, 0.05) is 5.69 Å². The van der Waals surface area contributed by atoms with Gasteiger partial charge in [-0.1, -0.05) is 12.1 Å². The van der Waals surface area contributed by atoms with Crippen LogP contribution in [0.4, 0.5) is 10.1 Å². The topological polar surface area (TPSA) is 61.5 Å². The third kappa shape index (κ3) is 3.26. The van der Waals surface area contributed by atoms with E-state index in [2.05, 4.69) is 4.74 Å². The first-order chi connectivity index (χ1) is 9.60. The minimum atomic E-state index is -0.522. The molecule has 0 spiro atoms. The molecule has 0 aliphatic heterocycles. The average Bonchev–Trinajstić information content (AvgIpc) is 2.46. The van der Waals surface area contributed by atoms with Gasteiger partial charge in [0.1, 0.15) is 23.7 Å². The highest BCUT2D eigenvalue weighted by molar-refractivity contribution is 5.93. The molecule has 0 fully saturated rings. The highest BCUT2D eigenvalue weighted by atomic mass is 19.1. The van der Waals surface area contributed by atoms with Gasteiger partial charge in [-0.25, -0.2) is 9.18 Å². The van der Waals surface area contributed by atoms with Gasteiger partial charge in [-0.3, -0.25) is 0 Å². The molecular formula is C15H14FNO3.